The molecule has 118 valence electrons. The molecule has 0 N–H and O–H groups in total. The Balaban J connectivity index is 4.74. The summed E-state index contributed by atoms with van der Waals surface area (Å²) < 4.78 is 10.5. The van der Waals surface area contributed by atoms with E-state index in [1.165, 1.54) is 4.90 Å². The van der Waals surface area contributed by atoms with Gasteiger partial charge in [-0.05, 0) is 40.5 Å². The molecular formula is C15H29NO4. The minimum atomic E-state index is -0.550. The molecule has 0 rings (SSSR count). The van der Waals surface area contributed by atoms with Gasteiger partial charge >= 0.3 is 12.1 Å². The Labute approximate surface area is 122 Å². The number of hydrogen-bond donors (Lipinski definition) is 0. The van der Waals surface area contributed by atoms with Crippen molar-refractivity contribution >= 4 is 12.1 Å². The fourth-order valence-corrected chi connectivity index (χ4v) is 1.77. The lowest BCUT2D eigenvalue weighted by Crippen LogP contribution is -2.44. The van der Waals surface area contributed by atoms with Gasteiger partial charge in [-0.15, -0.1) is 0 Å². The van der Waals surface area contributed by atoms with Gasteiger partial charge in [-0.1, -0.05) is 13.8 Å². The van der Waals surface area contributed by atoms with Crippen LogP contribution in [0.2, 0.25) is 0 Å². The SMILES string of the molecule is CC(C)OC(=O)CC(C(C)C)N(C)C(=O)OC(C)(C)C. The Kier molecular flexibility index (Phi) is 7.03. The van der Waals surface area contributed by atoms with Gasteiger partial charge in [0, 0.05) is 13.1 Å². The molecule has 0 aliphatic rings. The highest BCUT2D eigenvalue weighted by Gasteiger charge is 2.29. The van der Waals surface area contributed by atoms with Crippen molar-refractivity contribution in [1.29, 1.82) is 0 Å². The molecule has 0 aromatic rings. The Morgan fingerprint density at radius 1 is 1.10 bits per heavy atom. The Morgan fingerprint density at radius 2 is 1.60 bits per heavy atom. The number of ether oxygens (including phenoxy) is 2. The first-order valence-electron chi connectivity index (χ1n) is 7.09. The second-order valence-electron chi connectivity index (χ2n) is 6.65. The minimum Gasteiger partial charge on any atom is -0.463 e. The summed E-state index contributed by atoms with van der Waals surface area (Å²) in [7, 11) is 1.65. The van der Waals surface area contributed by atoms with Gasteiger partial charge in [0.2, 0.25) is 0 Å². The molecule has 0 aliphatic heterocycles. The first kappa shape index (κ1) is 18.7. The fourth-order valence-electron chi connectivity index (χ4n) is 1.77. The molecule has 0 spiro atoms. The van der Waals surface area contributed by atoms with Gasteiger partial charge in [0.15, 0.2) is 0 Å². The minimum absolute atomic E-state index is 0.132. The third-order valence-electron chi connectivity index (χ3n) is 2.69. The lowest BCUT2D eigenvalue weighted by Gasteiger charge is -2.32. The maximum atomic E-state index is 12.1. The molecule has 0 aliphatic carbocycles. The van der Waals surface area contributed by atoms with Crippen molar-refractivity contribution in [3.05, 3.63) is 0 Å². The number of rotatable bonds is 5. The molecule has 20 heavy (non-hydrogen) atoms. The summed E-state index contributed by atoms with van der Waals surface area (Å²) in [6, 6.07) is -0.240. The molecule has 1 amide bonds. The quantitative estimate of drug-likeness (QED) is 0.728. The standard InChI is InChI=1S/C15H29NO4/c1-10(2)12(9-13(17)19-11(3)4)16(8)14(18)20-15(5,6)7/h10-12H,9H2,1-8H3. The molecule has 0 radical (unpaired) electrons. The van der Waals surface area contributed by atoms with Crippen molar-refractivity contribution in [1.82, 2.24) is 4.90 Å². The predicted molar refractivity (Wildman–Crippen MR) is 78.5 cm³/mol. The van der Waals surface area contributed by atoms with E-state index in [1.807, 2.05) is 34.6 Å². The second kappa shape index (κ2) is 7.50. The predicted octanol–water partition coefficient (Wildman–Crippen LogP) is 3.22. The summed E-state index contributed by atoms with van der Waals surface area (Å²) in [4.78, 5) is 25.3. The fraction of sp³-hybridized carbons (Fsp3) is 0.867. The third-order valence-corrected chi connectivity index (χ3v) is 2.69. The summed E-state index contributed by atoms with van der Waals surface area (Å²) in [5, 5.41) is 0. The zero-order valence-electron chi connectivity index (χ0n) is 14.0. The summed E-state index contributed by atoms with van der Waals surface area (Å²) >= 11 is 0. The van der Waals surface area contributed by atoms with Crippen molar-refractivity contribution < 1.29 is 19.1 Å². The molecule has 0 heterocycles. The highest BCUT2D eigenvalue weighted by atomic mass is 16.6. The van der Waals surface area contributed by atoms with Gasteiger partial charge in [0.05, 0.1) is 12.5 Å². The van der Waals surface area contributed by atoms with Gasteiger partial charge < -0.3 is 14.4 Å². The van der Waals surface area contributed by atoms with Crippen LogP contribution in [0.25, 0.3) is 0 Å². The number of carbonyl (C=O) groups is 2. The van der Waals surface area contributed by atoms with E-state index in [2.05, 4.69) is 0 Å². The summed E-state index contributed by atoms with van der Waals surface area (Å²) in [6.07, 6.45) is -0.401. The van der Waals surface area contributed by atoms with E-state index in [0.29, 0.717) is 0 Å². The van der Waals surface area contributed by atoms with E-state index in [1.54, 1.807) is 20.9 Å². The van der Waals surface area contributed by atoms with Gasteiger partial charge in [-0.2, -0.15) is 0 Å². The van der Waals surface area contributed by atoms with Gasteiger partial charge in [-0.25, -0.2) is 4.79 Å². The molecule has 5 nitrogen and oxygen atoms in total. The van der Waals surface area contributed by atoms with E-state index in [-0.39, 0.29) is 30.5 Å². The number of esters is 1. The number of nitrogens with zero attached hydrogens (tertiary/aromatic N) is 1. The van der Waals surface area contributed by atoms with Crippen LogP contribution in [-0.4, -0.2) is 41.8 Å². The molecule has 0 saturated carbocycles. The number of carbonyl (C=O) groups excluding carboxylic acids is 2. The first-order chi connectivity index (χ1) is 8.94. The van der Waals surface area contributed by atoms with Crippen LogP contribution in [0.4, 0.5) is 4.79 Å². The van der Waals surface area contributed by atoms with Gasteiger partial charge in [-0.3, -0.25) is 4.79 Å². The Hall–Kier alpha value is -1.26. The molecule has 5 heteroatoms. The molecule has 0 aromatic heterocycles. The molecule has 0 saturated heterocycles. The second-order valence-corrected chi connectivity index (χ2v) is 6.65. The van der Waals surface area contributed by atoms with Crippen LogP contribution in [-0.2, 0) is 14.3 Å². The summed E-state index contributed by atoms with van der Waals surface area (Å²) in [5.74, 6) is -0.165. The maximum Gasteiger partial charge on any atom is 0.410 e. The van der Waals surface area contributed by atoms with E-state index in [4.69, 9.17) is 9.47 Å². The molecule has 1 atom stereocenters. The summed E-state index contributed by atoms with van der Waals surface area (Å²) in [6.45, 7) is 13.0. The van der Waals surface area contributed by atoms with Crippen LogP contribution in [0.3, 0.4) is 0 Å². The van der Waals surface area contributed by atoms with E-state index in [9.17, 15) is 9.59 Å². The van der Waals surface area contributed by atoms with E-state index >= 15 is 0 Å². The van der Waals surface area contributed by atoms with E-state index in [0.717, 1.165) is 0 Å². The Morgan fingerprint density at radius 3 is 1.95 bits per heavy atom. The highest BCUT2D eigenvalue weighted by Crippen LogP contribution is 2.18. The number of hydrogen-bond acceptors (Lipinski definition) is 4. The smallest absolute Gasteiger partial charge is 0.410 e. The van der Waals surface area contributed by atoms with Crippen LogP contribution in [0.5, 0.6) is 0 Å². The van der Waals surface area contributed by atoms with Gasteiger partial charge in [0.25, 0.3) is 0 Å². The van der Waals surface area contributed by atoms with Crippen LogP contribution in [0.1, 0.15) is 54.9 Å². The largest absolute Gasteiger partial charge is 0.463 e. The average molecular weight is 287 g/mol. The van der Waals surface area contributed by atoms with Crippen LogP contribution in [0.15, 0.2) is 0 Å². The molecule has 0 bridgehead atoms. The van der Waals surface area contributed by atoms with Crippen molar-refractivity contribution in [2.75, 3.05) is 7.05 Å². The lowest BCUT2D eigenvalue weighted by molar-refractivity contribution is -0.149. The zero-order valence-corrected chi connectivity index (χ0v) is 14.0. The zero-order chi connectivity index (χ0) is 16.1. The van der Waals surface area contributed by atoms with Crippen molar-refractivity contribution in [3.63, 3.8) is 0 Å². The molecular weight excluding hydrogens is 258 g/mol. The lowest BCUT2D eigenvalue weighted by atomic mass is 10.00. The van der Waals surface area contributed by atoms with Crippen molar-refractivity contribution in [3.8, 4) is 0 Å². The van der Waals surface area contributed by atoms with Gasteiger partial charge in [0.1, 0.15) is 5.60 Å². The first-order valence-corrected chi connectivity index (χ1v) is 7.09. The van der Waals surface area contributed by atoms with E-state index < -0.39 is 11.7 Å². The van der Waals surface area contributed by atoms with Crippen LogP contribution in [0, 0.1) is 5.92 Å². The average Bonchev–Trinajstić information content (AvgIpc) is 2.21. The monoisotopic (exact) mass is 287 g/mol. The molecule has 0 fully saturated rings. The molecule has 0 aromatic carbocycles. The summed E-state index contributed by atoms with van der Waals surface area (Å²) in [5.41, 5.74) is -0.550. The maximum absolute atomic E-state index is 12.1. The normalized spacial score (nSPS) is 13.3. The van der Waals surface area contributed by atoms with Crippen molar-refractivity contribution in [2.45, 2.75) is 72.6 Å². The van der Waals surface area contributed by atoms with Crippen molar-refractivity contribution in [2.24, 2.45) is 5.92 Å². The highest BCUT2D eigenvalue weighted by molar-refractivity contribution is 5.73. The Bertz CT molecular complexity index is 331. The topological polar surface area (TPSA) is 55.8 Å². The van der Waals surface area contributed by atoms with Crippen LogP contribution >= 0.6 is 0 Å². The van der Waals surface area contributed by atoms with Crippen LogP contribution < -0.4 is 0 Å². The number of amides is 1. The molecule has 1 unspecified atom stereocenters. The third kappa shape index (κ3) is 7.36.